The van der Waals surface area contributed by atoms with Gasteiger partial charge in [-0.2, -0.15) is 4.80 Å². The molecular formula is C15H21N5O. The summed E-state index contributed by atoms with van der Waals surface area (Å²) in [5.41, 5.74) is 7.80. The van der Waals surface area contributed by atoms with Crippen molar-refractivity contribution < 1.29 is 4.74 Å². The quantitative estimate of drug-likeness (QED) is 0.901. The van der Waals surface area contributed by atoms with Gasteiger partial charge >= 0.3 is 0 Å². The Morgan fingerprint density at radius 2 is 2.00 bits per heavy atom. The van der Waals surface area contributed by atoms with Gasteiger partial charge in [-0.05, 0) is 23.6 Å². The Morgan fingerprint density at radius 1 is 1.29 bits per heavy atom. The van der Waals surface area contributed by atoms with E-state index in [9.17, 15) is 0 Å². The zero-order chi connectivity index (χ0) is 14.7. The van der Waals surface area contributed by atoms with Crippen molar-refractivity contribution in [3.05, 3.63) is 41.7 Å². The molecule has 112 valence electrons. The standard InChI is InChI=1S/C15H21N5O/c1-20-18-14(17-19-20)11-13(16)15(7-9-21-10-8-15)12-5-3-2-4-6-12/h2-6,13H,7-11,16H2,1H3. The summed E-state index contributed by atoms with van der Waals surface area (Å²) in [5, 5.41) is 12.2. The number of hydrogen-bond acceptors (Lipinski definition) is 5. The molecular weight excluding hydrogens is 266 g/mol. The molecule has 1 saturated heterocycles. The Bertz CT molecular complexity index is 577. The third kappa shape index (κ3) is 2.82. The number of tetrazole rings is 1. The van der Waals surface area contributed by atoms with Crippen molar-refractivity contribution in [1.29, 1.82) is 0 Å². The van der Waals surface area contributed by atoms with Gasteiger partial charge in [0.05, 0.1) is 7.05 Å². The first kappa shape index (κ1) is 14.2. The molecule has 1 fully saturated rings. The van der Waals surface area contributed by atoms with Crippen LogP contribution in [0.3, 0.4) is 0 Å². The molecule has 3 rings (SSSR count). The third-order valence-corrected chi connectivity index (χ3v) is 4.40. The van der Waals surface area contributed by atoms with Crippen molar-refractivity contribution in [3.63, 3.8) is 0 Å². The van der Waals surface area contributed by atoms with E-state index in [2.05, 4.69) is 39.7 Å². The van der Waals surface area contributed by atoms with Gasteiger partial charge in [0.15, 0.2) is 5.82 Å². The molecule has 2 N–H and O–H groups in total. The summed E-state index contributed by atoms with van der Waals surface area (Å²) in [5.74, 6) is 0.701. The summed E-state index contributed by atoms with van der Waals surface area (Å²) in [6, 6.07) is 10.4. The van der Waals surface area contributed by atoms with Gasteiger partial charge in [-0.25, -0.2) is 0 Å². The molecule has 1 aliphatic rings. The molecule has 2 heterocycles. The number of aryl methyl sites for hydroxylation is 1. The maximum absolute atomic E-state index is 6.58. The zero-order valence-electron chi connectivity index (χ0n) is 12.3. The highest BCUT2D eigenvalue weighted by Gasteiger charge is 2.40. The van der Waals surface area contributed by atoms with Gasteiger partial charge < -0.3 is 10.5 Å². The lowest BCUT2D eigenvalue weighted by Crippen LogP contribution is -2.50. The average molecular weight is 287 g/mol. The predicted molar refractivity (Wildman–Crippen MR) is 78.7 cm³/mol. The van der Waals surface area contributed by atoms with Crippen molar-refractivity contribution in [2.45, 2.75) is 30.7 Å². The Morgan fingerprint density at radius 3 is 2.62 bits per heavy atom. The second kappa shape index (κ2) is 5.91. The molecule has 1 unspecified atom stereocenters. The molecule has 6 heteroatoms. The van der Waals surface area contributed by atoms with E-state index in [1.807, 2.05) is 6.07 Å². The van der Waals surface area contributed by atoms with Gasteiger partial charge in [0.1, 0.15) is 0 Å². The summed E-state index contributed by atoms with van der Waals surface area (Å²) < 4.78 is 5.55. The number of aromatic nitrogens is 4. The maximum atomic E-state index is 6.58. The zero-order valence-corrected chi connectivity index (χ0v) is 12.3. The number of rotatable bonds is 4. The summed E-state index contributed by atoms with van der Waals surface area (Å²) in [6.07, 6.45) is 2.49. The first-order chi connectivity index (χ1) is 10.2. The molecule has 1 aromatic heterocycles. The van der Waals surface area contributed by atoms with Crippen LogP contribution in [0.1, 0.15) is 24.2 Å². The molecule has 0 saturated carbocycles. The van der Waals surface area contributed by atoms with Gasteiger partial charge in [-0.15, -0.1) is 10.2 Å². The van der Waals surface area contributed by atoms with Gasteiger partial charge in [0.25, 0.3) is 0 Å². The van der Waals surface area contributed by atoms with Crippen molar-refractivity contribution in [3.8, 4) is 0 Å². The van der Waals surface area contributed by atoms with E-state index in [1.165, 1.54) is 10.4 Å². The molecule has 2 aromatic rings. The average Bonchev–Trinajstić information content (AvgIpc) is 2.94. The number of ether oxygens (including phenoxy) is 1. The van der Waals surface area contributed by atoms with E-state index in [1.54, 1.807) is 7.05 Å². The van der Waals surface area contributed by atoms with E-state index in [0.29, 0.717) is 12.2 Å². The molecule has 0 bridgehead atoms. The fourth-order valence-corrected chi connectivity index (χ4v) is 3.18. The summed E-state index contributed by atoms with van der Waals surface area (Å²) in [7, 11) is 1.77. The lowest BCUT2D eigenvalue weighted by molar-refractivity contribution is 0.0397. The van der Waals surface area contributed by atoms with Crippen LogP contribution in [-0.4, -0.2) is 39.5 Å². The van der Waals surface area contributed by atoms with Crippen molar-refractivity contribution in [2.24, 2.45) is 12.8 Å². The number of hydrogen-bond donors (Lipinski definition) is 1. The lowest BCUT2D eigenvalue weighted by atomic mass is 9.68. The van der Waals surface area contributed by atoms with Crippen LogP contribution in [0.25, 0.3) is 0 Å². The van der Waals surface area contributed by atoms with Crippen LogP contribution in [0.2, 0.25) is 0 Å². The van der Waals surface area contributed by atoms with Crippen LogP contribution in [0, 0.1) is 0 Å². The van der Waals surface area contributed by atoms with E-state index < -0.39 is 0 Å². The van der Waals surface area contributed by atoms with Crippen LogP contribution < -0.4 is 5.73 Å². The molecule has 21 heavy (non-hydrogen) atoms. The molecule has 1 aromatic carbocycles. The van der Waals surface area contributed by atoms with Gasteiger partial charge in [0.2, 0.25) is 0 Å². The highest BCUT2D eigenvalue weighted by Crippen LogP contribution is 2.38. The Hall–Kier alpha value is -1.79. The van der Waals surface area contributed by atoms with Gasteiger partial charge in [-0.3, -0.25) is 0 Å². The predicted octanol–water partition coefficient (Wildman–Crippen LogP) is 0.828. The first-order valence-corrected chi connectivity index (χ1v) is 7.32. The summed E-state index contributed by atoms with van der Waals surface area (Å²) >= 11 is 0. The number of benzene rings is 1. The highest BCUT2D eigenvalue weighted by molar-refractivity contribution is 5.29. The Labute approximate surface area is 124 Å². The fourth-order valence-electron chi connectivity index (χ4n) is 3.18. The normalized spacial score (nSPS) is 19.3. The lowest BCUT2D eigenvalue weighted by Gasteiger charge is -2.42. The Balaban J connectivity index is 1.88. The van der Waals surface area contributed by atoms with E-state index in [0.717, 1.165) is 26.1 Å². The molecule has 1 atom stereocenters. The molecule has 6 nitrogen and oxygen atoms in total. The maximum Gasteiger partial charge on any atom is 0.176 e. The molecule has 0 radical (unpaired) electrons. The minimum Gasteiger partial charge on any atom is -0.381 e. The minimum atomic E-state index is -0.0707. The Kier molecular flexibility index (Phi) is 3.98. The minimum absolute atomic E-state index is 0.0481. The molecule has 0 aliphatic carbocycles. The number of nitrogens with two attached hydrogens (primary N) is 1. The SMILES string of the molecule is Cn1nnc(CC(N)C2(c3ccccc3)CCOCC2)n1. The highest BCUT2D eigenvalue weighted by atomic mass is 16.5. The summed E-state index contributed by atoms with van der Waals surface area (Å²) in [4.78, 5) is 1.47. The second-order valence-corrected chi connectivity index (χ2v) is 5.64. The fraction of sp³-hybridized carbons (Fsp3) is 0.533. The summed E-state index contributed by atoms with van der Waals surface area (Å²) in [6.45, 7) is 1.49. The topological polar surface area (TPSA) is 78.9 Å². The number of nitrogens with zero attached hydrogens (tertiary/aromatic N) is 4. The van der Waals surface area contributed by atoms with Crippen molar-refractivity contribution in [1.82, 2.24) is 20.2 Å². The smallest absolute Gasteiger partial charge is 0.176 e. The van der Waals surface area contributed by atoms with Crippen LogP contribution in [0.4, 0.5) is 0 Å². The third-order valence-electron chi connectivity index (χ3n) is 4.40. The van der Waals surface area contributed by atoms with Gasteiger partial charge in [0, 0.05) is 31.1 Å². The molecule has 1 aliphatic heterocycles. The van der Waals surface area contributed by atoms with E-state index >= 15 is 0 Å². The van der Waals surface area contributed by atoms with E-state index in [-0.39, 0.29) is 11.5 Å². The van der Waals surface area contributed by atoms with Crippen LogP contribution in [0.5, 0.6) is 0 Å². The molecule has 0 amide bonds. The second-order valence-electron chi connectivity index (χ2n) is 5.64. The van der Waals surface area contributed by atoms with E-state index in [4.69, 9.17) is 10.5 Å². The molecule has 0 spiro atoms. The van der Waals surface area contributed by atoms with Crippen molar-refractivity contribution >= 4 is 0 Å². The largest absolute Gasteiger partial charge is 0.381 e. The van der Waals surface area contributed by atoms with Crippen LogP contribution in [0.15, 0.2) is 30.3 Å². The van der Waals surface area contributed by atoms with Crippen molar-refractivity contribution in [2.75, 3.05) is 13.2 Å². The van der Waals surface area contributed by atoms with Crippen LogP contribution >= 0.6 is 0 Å². The monoisotopic (exact) mass is 287 g/mol. The van der Waals surface area contributed by atoms with Crippen LogP contribution in [-0.2, 0) is 23.6 Å². The van der Waals surface area contributed by atoms with Gasteiger partial charge in [-0.1, -0.05) is 30.3 Å². The first-order valence-electron chi connectivity index (χ1n) is 7.32.